The summed E-state index contributed by atoms with van der Waals surface area (Å²) in [7, 11) is 0. The molecule has 0 aliphatic carbocycles. The van der Waals surface area contributed by atoms with Crippen LogP contribution in [0.3, 0.4) is 0 Å². The molecule has 0 saturated carbocycles. The van der Waals surface area contributed by atoms with E-state index >= 15 is 0 Å². The van der Waals surface area contributed by atoms with E-state index in [1.54, 1.807) is 48.5 Å². The van der Waals surface area contributed by atoms with Crippen molar-refractivity contribution in [3.63, 3.8) is 0 Å². The summed E-state index contributed by atoms with van der Waals surface area (Å²) in [6, 6.07) is 18.1. The summed E-state index contributed by atoms with van der Waals surface area (Å²) in [5.74, 6) is -0.214. The molecule has 12 heteroatoms. The molecule has 2 aromatic heterocycles. The van der Waals surface area contributed by atoms with E-state index in [1.807, 2.05) is 0 Å². The fraction of sp³-hybridized carbons (Fsp3) is 0.0435. The number of benzene rings is 3. The third-order valence-electron chi connectivity index (χ3n) is 4.85. The number of halogens is 4. The van der Waals surface area contributed by atoms with Crippen LogP contribution in [-0.4, -0.2) is 32.3 Å². The Balaban J connectivity index is 1.45. The van der Waals surface area contributed by atoms with E-state index in [2.05, 4.69) is 25.3 Å². The van der Waals surface area contributed by atoms with E-state index in [9.17, 15) is 18.0 Å². The quantitative estimate of drug-likeness (QED) is 0.308. The fourth-order valence-electron chi connectivity index (χ4n) is 3.33. The molecule has 0 aliphatic rings. The molecule has 1 amide bonds. The van der Waals surface area contributed by atoms with Crippen molar-refractivity contribution in [2.24, 2.45) is 0 Å². The molecule has 8 nitrogen and oxygen atoms in total. The molecule has 0 fully saturated rings. The van der Waals surface area contributed by atoms with Crippen LogP contribution in [0, 0.1) is 0 Å². The highest BCUT2D eigenvalue weighted by Gasteiger charge is 2.31. The molecule has 5 rings (SSSR count). The molecule has 35 heavy (non-hydrogen) atoms. The largest absolute Gasteiger partial charge is 0.573 e. The van der Waals surface area contributed by atoms with Gasteiger partial charge in [-0.3, -0.25) is 0 Å². The number of amides is 1. The molecular formula is C23H13ClF3N5O3. The SMILES string of the molecule is O=C(Nc1ccc(Cl)cc1)n1nc(-c2nc(-c3ccc(OC(F)(F)F)cc3)no2)c2ccccc21. The molecule has 5 aromatic rings. The summed E-state index contributed by atoms with van der Waals surface area (Å²) < 4.78 is 47.5. The Morgan fingerprint density at radius 2 is 1.71 bits per heavy atom. The zero-order valence-electron chi connectivity index (χ0n) is 17.5. The second kappa shape index (κ2) is 8.76. The van der Waals surface area contributed by atoms with Crippen LogP contribution >= 0.6 is 11.6 Å². The highest BCUT2D eigenvalue weighted by molar-refractivity contribution is 6.30. The number of alkyl halides is 3. The van der Waals surface area contributed by atoms with Crippen molar-refractivity contribution in [1.29, 1.82) is 0 Å². The van der Waals surface area contributed by atoms with Gasteiger partial charge in [0.1, 0.15) is 5.75 Å². The minimum atomic E-state index is -4.79. The van der Waals surface area contributed by atoms with Gasteiger partial charge in [-0.1, -0.05) is 35.0 Å². The first kappa shape index (κ1) is 22.4. The maximum atomic E-state index is 12.9. The van der Waals surface area contributed by atoms with Crippen molar-refractivity contribution in [2.75, 3.05) is 5.32 Å². The molecular weight excluding hydrogens is 487 g/mol. The van der Waals surface area contributed by atoms with E-state index < -0.39 is 12.4 Å². The van der Waals surface area contributed by atoms with Crippen molar-refractivity contribution >= 4 is 34.2 Å². The van der Waals surface area contributed by atoms with E-state index in [-0.39, 0.29) is 23.2 Å². The molecule has 0 spiro atoms. The van der Waals surface area contributed by atoms with Crippen LogP contribution in [0.25, 0.3) is 33.9 Å². The predicted octanol–water partition coefficient (Wildman–Crippen LogP) is 6.39. The average Bonchev–Trinajstić information content (AvgIpc) is 3.45. The molecule has 1 N–H and O–H groups in total. The Kier molecular flexibility index (Phi) is 5.61. The first-order valence-corrected chi connectivity index (χ1v) is 10.4. The normalized spacial score (nSPS) is 11.5. The number of aromatic nitrogens is 4. The lowest BCUT2D eigenvalue weighted by atomic mass is 10.2. The first-order chi connectivity index (χ1) is 16.8. The number of nitrogens with one attached hydrogen (secondary N) is 1. The average molecular weight is 500 g/mol. The summed E-state index contributed by atoms with van der Waals surface area (Å²) in [5, 5.41) is 12.1. The molecule has 0 aliphatic heterocycles. The molecule has 0 unspecified atom stereocenters. The van der Waals surface area contributed by atoms with Crippen LogP contribution < -0.4 is 10.1 Å². The van der Waals surface area contributed by atoms with Gasteiger partial charge in [-0.2, -0.15) is 14.8 Å². The van der Waals surface area contributed by atoms with E-state index in [4.69, 9.17) is 16.1 Å². The van der Waals surface area contributed by atoms with Crippen molar-refractivity contribution in [3.8, 4) is 28.7 Å². The minimum Gasteiger partial charge on any atom is -0.406 e. The highest BCUT2D eigenvalue weighted by Crippen LogP contribution is 2.30. The molecule has 2 heterocycles. The second-order valence-corrected chi connectivity index (χ2v) is 7.65. The third kappa shape index (κ3) is 4.80. The van der Waals surface area contributed by atoms with Crippen molar-refractivity contribution in [1.82, 2.24) is 19.9 Å². The number of rotatable bonds is 4. The predicted molar refractivity (Wildman–Crippen MR) is 121 cm³/mol. The van der Waals surface area contributed by atoms with E-state index in [0.29, 0.717) is 27.2 Å². The second-order valence-electron chi connectivity index (χ2n) is 7.21. The zero-order valence-corrected chi connectivity index (χ0v) is 18.2. The van der Waals surface area contributed by atoms with Crippen LogP contribution in [0.2, 0.25) is 5.02 Å². The summed E-state index contributed by atoms with van der Waals surface area (Å²) >= 11 is 5.89. The molecule has 176 valence electrons. The number of fused-ring (bicyclic) bond motifs is 1. The van der Waals surface area contributed by atoms with Crippen LogP contribution in [0.1, 0.15) is 0 Å². The van der Waals surface area contributed by atoms with Crippen LogP contribution in [0.4, 0.5) is 23.7 Å². The van der Waals surface area contributed by atoms with E-state index in [1.165, 1.54) is 16.8 Å². The third-order valence-corrected chi connectivity index (χ3v) is 5.10. The van der Waals surface area contributed by atoms with Gasteiger partial charge in [0.25, 0.3) is 5.89 Å². The van der Waals surface area contributed by atoms with Gasteiger partial charge < -0.3 is 14.6 Å². The van der Waals surface area contributed by atoms with Gasteiger partial charge in [-0.15, -0.1) is 13.2 Å². The van der Waals surface area contributed by atoms with Crippen molar-refractivity contribution < 1.29 is 27.2 Å². The fourth-order valence-corrected chi connectivity index (χ4v) is 3.46. The number of ether oxygens (including phenoxy) is 1. The molecule has 3 aromatic carbocycles. The lowest BCUT2D eigenvalue weighted by Crippen LogP contribution is -2.20. The lowest BCUT2D eigenvalue weighted by Gasteiger charge is -2.08. The van der Waals surface area contributed by atoms with Gasteiger partial charge in [0.15, 0.2) is 5.69 Å². The van der Waals surface area contributed by atoms with Crippen molar-refractivity contribution in [3.05, 3.63) is 77.8 Å². The topological polar surface area (TPSA) is 95.1 Å². The Hall–Kier alpha value is -4.38. The summed E-state index contributed by atoms with van der Waals surface area (Å²) in [6.45, 7) is 0. The van der Waals surface area contributed by atoms with Crippen LogP contribution in [0.5, 0.6) is 5.75 Å². The van der Waals surface area contributed by atoms with E-state index in [0.717, 1.165) is 12.1 Å². The summed E-state index contributed by atoms with van der Waals surface area (Å²) in [6.07, 6.45) is -4.79. The lowest BCUT2D eigenvalue weighted by molar-refractivity contribution is -0.274. The molecule has 0 atom stereocenters. The number of para-hydroxylation sites is 1. The van der Waals surface area contributed by atoms with Crippen LogP contribution in [0.15, 0.2) is 77.3 Å². The monoisotopic (exact) mass is 499 g/mol. The highest BCUT2D eigenvalue weighted by atomic mass is 35.5. The standard InChI is InChI=1S/C23H13ClF3N5O3/c24-14-7-9-15(10-8-14)28-22(33)32-18-4-2-1-3-17(18)19(30-32)21-29-20(31-35-21)13-5-11-16(12-6-13)34-23(25,26)27/h1-12H,(H,28,33). The molecule has 0 radical (unpaired) electrons. The van der Waals surface area contributed by atoms with Crippen LogP contribution in [-0.2, 0) is 0 Å². The zero-order chi connectivity index (χ0) is 24.6. The molecule has 0 bridgehead atoms. The number of nitrogens with zero attached hydrogens (tertiary/aromatic N) is 4. The number of carbonyl (C=O) groups is 1. The number of hydrogen-bond acceptors (Lipinski definition) is 6. The smallest absolute Gasteiger partial charge is 0.406 e. The van der Waals surface area contributed by atoms with Gasteiger partial charge >= 0.3 is 12.4 Å². The van der Waals surface area contributed by atoms with Gasteiger partial charge in [0, 0.05) is 21.7 Å². The van der Waals surface area contributed by atoms with Gasteiger partial charge in [0.2, 0.25) is 5.82 Å². The first-order valence-electron chi connectivity index (χ1n) is 10.0. The Labute approximate surface area is 199 Å². The van der Waals surface area contributed by atoms with Gasteiger partial charge in [-0.05, 0) is 54.6 Å². The van der Waals surface area contributed by atoms with Gasteiger partial charge in [-0.25, -0.2) is 4.79 Å². The Morgan fingerprint density at radius 1 is 1.00 bits per heavy atom. The maximum Gasteiger partial charge on any atom is 0.573 e. The minimum absolute atomic E-state index is 0.0323. The summed E-state index contributed by atoms with van der Waals surface area (Å²) in [5.41, 5.74) is 1.70. The Bertz CT molecular complexity index is 1510. The molecule has 0 saturated heterocycles. The summed E-state index contributed by atoms with van der Waals surface area (Å²) in [4.78, 5) is 17.2. The Morgan fingerprint density at radius 3 is 2.43 bits per heavy atom. The number of hydrogen-bond donors (Lipinski definition) is 1. The number of carbonyl (C=O) groups excluding carboxylic acids is 1. The maximum absolute atomic E-state index is 12.9. The van der Waals surface area contributed by atoms with Gasteiger partial charge in [0.05, 0.1) is 5.52 Å². The number of anilines is 1. The van der Waals surface area contributed by atoms with Crippen molar-refractivity contribution in [2.45, 2.75) is 6.36 Å².